The van der Waals surface area contributed by atoms with E-state index in [1.165, 1.54) is 0 Å². The van der Waals surface area contributed by atoms with E-state index in [9.17, 15) is 15.3 Å². The molecule has 0 fully saturated rings. The molecular formula is C14H32N2O6. The number of aliphatic hydroxyl groups excluding tert-OH is 6. The van der Waals surface area contributed by atoms with Gasteiger partial charge >= 0.3 is 0 Å². The Balaban J connectivity index is 4.45. The van der Waals surface area contributed by atoms with Gasteiger partial charge in [-0.15, -0.1) is 0 Å². The molecule has 6 N–H and O–H groups in total. The van der Waals surface area contributed by atoms with Gasteiger partial charge < -0.3 is 30.6 Å². The van der Waals surface area contributed by atoms with Gasteiger partial charge in [-0.3, -0.25) is 9.80 Å². The Labute approximate surface area is 132 Å². The molecule has 3 unspecified atom stereocenters. The van der Waals surface area contributed by atoms with E-state index in [0.717, 1.165) is 13.0 Å². The van der Waals surface area contributed by atoms with Gasteiger partial charge in [0, 0.05) is 32.7 Å². The summed E-state index contributed by atoms with van der Waals surface area (Å²) in [7, 11) is 0. The molecule has 0 saturated heterocycles. The molecule has 0 aliphatic rings. The van der Waals surface area contributed by atoms with Crippen LogP contribution in [0, 0.1) is 0 Å². The van der Waals surface area contributed by atoms with Gasteiger partial charge in [-0.1, -0.05) is 6.92 Å². The molecule has 0 aromatic rings. The zero-order chi connectivity index (χ0) is 17.0. The molecule has 0 bridgehead atoms. The second-order valence-corrected chi connectivity index (χ2v) is 5.57. The predicted molar refractivity (Wildman–Crippen MR) is 82.4 cm³/mol. The molecule has 8 heteroatoms. The molecule has 0 aromatic heterocycles. The molecule has 22 heavy (non-hydrogen) atoms. The summed E-state index contributed by atoms with van der Waals surface area (Å²) >= 11 is 0. The number of hydrogen-bond donors (Lipinski definition) is 6. The summed E-state index contributed by atoms with van der Waals surface area (Å²) in [5, 5.41) is 55.4. The second kappa shape index (κ2) is 13.1. The summed E-state index contributed by atoms with van der Waals surface area (Å²) in [4.78, 5) is 3.75. The molecule has 0 radical (unpaired) electrons. The number of rotatable bonds is 14. The van der Waals surface area contributed by atoms with Gasteiger partial charge in [0.1, 0.15) is 0 Å². The highest BCUT2D eigenvalue weighted by molar-refractivity contribution is 4.71. The van der Waals surface area contributed by atoms with Crippen molar-refractivity contribution in [1.82, 2.24) is 9.80 Å². The molecule has 0 saturated carbocycles. The lowest BCUT2D eigenvalue weighted by Crippen LogP contribution is -2.45. The molecular weight excluding hydrogens is 292 g/mol. The Kier molecular flexibility index (Phi) is 13.0. The lowest BCUT2D eigenvalue weighted by Gasteiger charge is -2.30. The first-order valence-electron chi connectivity index (χ1n) is 7.78. The summed E-state index contributed by atoms with van der Waals surface area (Å²) < 4.78 is 0. The molecule has 0 spiro atoms. The van der Waals surface area contributed by atoms with E-state index in [1.807, 2.05) is 11.8 Å². The largest absolute Gasteiger partial charge is 0.394 e. The number of nitrogens with zero attached hydrogens (tertiary/aromatic N) is 2. The summed E-state index contributed by atoms with van der Waals surface area (Å²) in [6.07, 6.45) is -1.72. The molecule has 0 aliphatic heterocycles. The van der Waals surface area contributed by atoms with Crippen molar-refractivity contribution in [2.24, 2.45) is 0 Å². The van der Waals surface area contributed by atoms with Crippen molar-refractivity contribution in [2.75, 3.05) is 59.1 Å². The first kappa shape index (κ1) is 21.7. The third-order valence-electron chi connectivity index (χ3n) is 3.31. The molecule has 0 amide bonds. The summed E-state index contributed by atoms with van der Waals surface area (Å²) in [5.41, 5.74) is 0. The summed E-state index contributed by atoms with van der Waals surface area (Å²) in [5.74, 6) is 0. The maximum absolute atomic E-state index is 9.54. The molecule has 0 aliphatic carbocycles. The van der Waals surface area contributed by atoms with Crippen molar-refractivity contribution in [3.8, 4) is 0 Å². The Hall–Kier alpha value is -0.320. The van der Waals surface area contributed by atoms with Crippen LogP contribution in [0.4, 0.5) is 0 Å². The highest BCUT2D eigenvalue weighted by Gasteiger charge is 2.17. The SMILES string of the molecule is CCCN(CCN(CC(O)CO)CC(O)CO)CC(O)CO. The van der Waals surface area contributed by atoms with Crippen LogP contribution in [-0.4, -0.2) is 118 Å². The van der Waals surface area contributed by atoms with Crippen LogP contribution in [0.3, 0.4) is 0 Å². The van der Waals surface area contributed by atoms with Crippen LogP contribution in [-0.2, 0) is 0 Å². The maximum Gasteiger partial charge on any atom is 0.0897 e. The van der Waals surface area contributed by atoms with Crippen molar-refractivity contribution in [3.05, 3.63) is 0 Å². The number of hydrogen-bond acceptors (Lipinski definition) is 8. The molecule has 8 nitrogen and oxygen atoms in total. The van der Waals surface area contributed by atoms with E-state index in [-0.39, 0.29) is 32.9 Å². The Morgan fingerprint density at radius 2 is 1.00 bits per heavy atom. The van der Waals surface area contributed by atoms with Crippen LogP contribution in [0.1, 0.15) is 13.3 Å². The normalized spacial score (nSPS) is 16.2. The predicted octanol–water partition coefficient (Wildman–Crippen LogP) is -2.94. The second-order valence-electron chi connectivity index (χ2n) is 5.57. The third-order valence-corrected chi connectivity index (χ3v) is 3.31. The van der Waals surface area contributed by atoms with Gasteiger partial charge in [-0.2, -0.15) is 0 Å². The van der Waals surface area contributed by atoms with Crippen molar-refractivity contribution in [2.45, 2.75) is 31.7 Å². The summed E-state index contributed by atoms with van der Waals surface area (Å²) in [6.45, 7) is 3.57. The molecule has 0 rings (SSSR count). The lowest BCUT2D eigenvalue weighted by atomic mass is 10.2. The summed E-state index contributed by atoms with van der Waals surface area (Å²) in [6, 6.07) is 0. The third kappa shape index (κ3) is 10.4. The lowest BCUT2D eigenvalue weighted by molar-refractivity contribution is 0.0155. The van der Waals surface area contributed by atoms with E-state index >= 15 is 0 Å². The van der Waals surface area contributed by atoms with Crippen LogP contribution in [0.5, 0.6) is 0 Å². The zero-order valence-corrected chi connectivity index (χ0v) is 13.4. The van der Waals surface area contributed by atoms with Gasteiger partial charge in [0.25, 0.3) is 0 Å². The molecule has 0 aromatic carbocycles. The van der Waals surface area contributed by atoms with Gasteiger partial charge in [-0.05, 0) is 13.0 Å². The minimum absolute atomic E-state index is 0.191. The smallest absolute Gasteiger partial charge is 0.0897 e. The average Bonchev–Trinajstić information content (AvgIpc) is 2.51. The standard InChI is InChI=1S/C14H32N2O6/c1-2-3-15(6-12(20)9-17)4-5-16(7-13(21)10-18)8-14(22)11-19/h12-14,17-22H,2-11H2,1H3. The quantitative estimate of drug-likeness (QED) is 0.200. The zero-order valence-electron chi connectivity index (χ0n) is 13.4. The van der Waals surface area contributed by atoms with Gasteiger partial charge in [0.2, 0.25) is 0 Å². The molecule has 134 valence electrons. The van der Waals surface area contributed by atoms with Crippen molar-refractivity contribution >= 4 is 0 Å². The van der Waals surface area contributed by atoms with Gasteiger partial charge in [0.15, 0.2) is 0 Å². The fraction of sp³-hybridized carbons (Fsp3) is 1.00. The minimum atomic E-state index is -0.909. The van der Waals surface area contributed by atoms with E-state index in [0.29, 0.717) is 19.6 Å². The van der Waals surface area contributed by atoms with Crippen LogP contribution in [0.2, 0.25) is 0 Å². The maximum atomic E-state index is 9.54. The fourth-order valence-corrected chi connectivity index (χ4v) is 2.22. The van der Waals surface area contributed by atoms with Gasteiger partial charge in [0.05, 0.1) is 38.1 Å². The van der Waals surface area contributed by atoms with Crippen molar-refractivity contribution in [1.29, 1.82) is 0 Å². The molecule has 3 atom stereocenters. The minimum Gasteiger partial charge on any atom is -0.394 e. The first-order chi connectivity index (χ1) is 10.5. The Bertz CT molecular complexity index is 247. The first-order valence-corrected chi connectivity index (χ1v) is 7.78. The van der Waals surface area contributed by atoms with E-state index in [1.54, 1.807) is 4.90 Å². The van der Waals surface area contributed by atoms with Crippen LogP contribution < -0.4 is 0 Å². The highest BCUT2D eigenvalue weighted by atomic mass is 16.3. The van der Waals surface area contributed by atoms with Crippen LogP contribution >= 0.6 is 0 Å². The average molecular weight is 324 g/mol. The topological polar surface area (TPSA) is 128 Å². The van der Waals surface area contributed by atoms with Crippen molar-refractivity contribution in [3.63, 3.8) is 0 Å². The Morgan fingerprint density at radius 3 is 1.36 bits per heavy atom. The van der Waals surface area contributed by atoms with Crippen LogP contribution in [0.25, 0.3) is 0 Å². The van der Waals surface area contributed by atoms with Crippen LogP contribution in [0.15, 0.2) is 0 Å². The Morgan fingerprint density at radius 1 is 0.636 bits per heavy atom. The van der Waals surface area contributed by atoms with Crippen molar-refractivity contribution < 1.29 is 30.6 Å². The molecule has 0 heterocycles. The number of aliphatic hydroxyl groups is 6. The van der Waals surface area contributed by atoms with E-state index in [4.69, 9.17) is 15.3 Å². The highest BCUT2D eigenvalue weighted by Crippen LogP contribution is 2.00. The van der Waals surface area contributed by atoms with Gasteiger partial charge in [-0.25, -0.2) is 0 Å². The fourth-order valence-electron chi connectivity index (χ4n) is 2.22. The van der Waals surface area contributed by atoms with E-state index in [2.05, 4.69) is 0 Å². The monoisotopic (exact) mass is 324 g/mol. The van der Waals surface area contributed by atoms with E-state index < -0.39 is 18.3 Å².